The summed E-state index contributed by atoms with van der Waals surface area (Å²) in [6.45, 7) is 2.52. The van der Waals surface area contributed by atoms with Crippen LogP contribution < -0.4 is 5.32 Å². The minimum absolute atomic E-state index is 0.0906. The van der Waals surface area contributed by atoms with Crippen molar-refractivity contribution in [2.24, 2.45) is 5.92 Å². The highest BCUT2D eigenvalue weighted by Crippen LogP contribution is 2.28. The number of hydrogen-bond acceptors (Lipinski definition) is 3. The molecule has 1 N–H and O–H groups in total. The molecule has 0 atom stereocenters. The smallest absolute Gasteiger partial charge is 0.243 e. The van der Waals surface area contributed by atoms with Crippen molar-refractivity contribution in [3.05, 3.63) is 28.8 Å². The van der Waals surface area contributed by atoms with E-state index in [1.54, 1.807) is 19.1 Å². The topological polar surface area (TPSA) is 66.5 Å². The average Bonchev–Trinajstić information content (AvgIpc) is 2.64. The number of aryl methyl sites for hydroxylation is 1. The second-order valence-electron chi connectivity index (χ2n) is 7.43. The number of nitrogens with one attached hydrogen (secondary N) is 1. The molecule has 0 bridgehead atoms. The van der Waals surface area contributed by atoms with Crippen molar-refractivity contribution in [3.8, 4) is 0 Å². The number of nitrogens with zero attached hydrogens (tertiary/aromatic N) is 1. The van der Waals surface area contributed by atoms with Crippen molar-refractivity contribution in [3.63, 3.8) is 0 Å². The highest BCUT2D eigenvalue weighted by Gasteiger charge is 2.33. The van der Waals surface area contributed by atoms with Crippen LogP contribution in [0.4, 0.5) is 0 Å². The SMILES string of the molecule is Cc1ccc(Cl)cc1S(=O)(=O)N1CCC(C(=O)NC2CCCCC2)CC1. The molecule has 1 amide bonds. The lowest BCUT2D eigenvalue weighted by Crippen LogP contribution is -2.45. The van der Waals surface area contributed by atoms with Gasteiger partial charge in [0.1, 0.15) is 0 Å². The molecule has 0 aromatic heterocycles. The van der Waals surface area contributed by atoms with Crippen molar-refractivity contribution < 1.29 is 13.2 Å². The summed E-state index contributed by atoms with van der Waals surface area (Å²) in [5.74, 6) is -0.00304. The van der Waals surface area contributed by atoms with Crippen molar-refractivity contribution in [2.75, 3.05) is 13.1 Å². The number of carbonyl (C=O) groups excluding carboxylic acids is 1. The van der Waals surface area contributed by atoms with Gasteiger partial charge in [0.25, 0.3) is 0 Å². The summed E-state index contributed by atoms with van der Waals surface area (Å²) in [6, 6.07) is 5.22. The van der Waals surface area contributed by atoms with Gasteiger partial charge in [0, 0.05) is 30.1 Å². The van der Waals surface area contributed by atoms with E-state index in [4.69, 9.17) is 11.6 Å². The van der Waals surface area contributed by atoms with Crippen LogP contribution in [0.25, 0.3) is 0 Å². The molecule has 0 unspecified atom stereocenters. The molecule has 1 aromatic rings. The monoisotopic (exact) mass is 398 g/mol. The maximum atomic E-state index is 12.9. The quantitative estimate of drug-likeness (QED) is 0.844. The largest absolute Gasteiger partial charge is 0.353 e. The highest BCUT2D eigenvalue weighted by atomic mass is 35.5. The number of piperidine rings is 1. The first-order valence-electron chi connectivity index (χ1n) is 9.44. The molecule has 1 aromatic carbocycles. The van der Waals surface area contributed by atoms with Gasteiger partial charge in [0.05, 0.1) is 4.90 Å². The Bertz CT molecular complexity index is 752. The third-order valence-corrected chi connectivity index (χ3v) is 7.82. The van der Waals surface area contributed by atoms with Crippen LogP contribution in [-0.4, -0.2) is 37.8 Å². The molecule has 26 heavy (non-hydrogen) atoms. The molecule has 7 heteroatoms. The number of hydrogen-bond donors (Lipinski definition) is 1. The fraction of sp³-hybridized carbons (Fsp3) is 0.632. The Morgan fingerprint density at radius 2 is 1.77 bits per heavy atom. The Balaban J connectivity index is 1.60. The van der Waals surface area contributed by atoms with Gasteiger partial charge in [0.15, 0.2) is 0 Å². The van der Waals surface area contributed by atoms with Crippen LogP contribution in [0.5, 0.6) is 0 Å². The first-order chi connectivity index (χ1) is 12.4. The van der Waals surface area contributed by atoms with Gasteiger partial charge in [-0.25, -0.2) is 8.42 Å². The molecular formula is C19H27ClN2O3S. The van der Waals surface area contributed by atoms with Gasteiger partial charge in [-0.05, 0) is 50.3 Å². The molecule has 1 saturated carbocycles. The highest BCUT2D eigenvalue weighted by molar-refractivity contribution is 7.89. The second-order valence-corrected chi connectivity index (χ2v) is 9.77. The first-order valence-corrected chi connectivity index (χ1v) is 11.3. The van der Waals surface area contributed by atoms with Gasteiger partial charge in [-0.15, -0.1) is 0 Å². The van der Waals surface area contributed by atoms with Crippen LogP contribution >= 0.6 is 11.6 Å². The van der Waals surface area contributed by atoms with Crippen LogP contribution in [0.2, 0.25) is 5.02 Å². The number of benzene rings is 1. The normalized spacial score (nSPS) is 20.8. The minimum atomic E-state index is -3.57. The molecule has 2 fully saturated rings. The average molecular weight is 399 g/mol. The lowest BCUT2D eigenvalue weighted by atomic mass is 9.93. The fourth-order valence-electron chi connectivity index (χ4n) is 3.92. The van der Waals surface area contributed by atoms with E-state index in [-0.39, 0.29) is 16.7 Å². The third kappa shape index (κ3) is 4.41. The summed E-state index contributed by atoms with van der Waals surface area (Å²) in [6.07, 6.45) is 6.88. The van der Waals surface area contributed by atoms with E-state index >= 15 is 0 Å². The zero-order chi connectivity index (χ0) is 18.7. The summed E-state index contributed by atoms with van der Waals surface area (Å²) in [7, 11) is -3.57. The van der Waals surface area contributed by atoms with Gasteiger partial charge < -0.3 is 5.32 Å². The van der Waals surface area contributed by atoms with E-state index in [0.29, 0.717) is 42.6 Å². The Labute approximate surface area is 161 Å². The van der Waals surface area contributed by atoms with Crippen molar-refractivity contribution in [1.29, 1.82) is 0 Å². The molecular weight excluding hydrogens is 372 g/mol. The van der Waals surface area contributed by atoms with E-state index in [0.717, 1.165) is 12.8 Å². The van der Waals surface area contributed by atoms with Gasteiger partial charge in [0.2, 0.25) is 15.9 Å². The standard InChI is InChI=1S/C19H27ClN2O3S/c1-14-7-8-16(20)13-18(14)26(24,25)22-11-9-15(10-12-22)19(23)21-17-5-3-2-4-6-17/h7-8,13,15,17H,2-6,9-12H2,1H3,(H,21,23). The lowest BCUT2D eigenvalue weighted by molar-refractivity contribution is -0.127. The Hall–Kier alpha value is -1.11. The molecule has 0 radical (unpaired) electrons. The summed E-state index contributed by atoms with van der Waals surface area (Å²) in [4.78, 5) is 12.8. The third-order valence-electron chi connectivity index (χ3n) is 5.54. The summed E-state index contributed by atoms with van der Waals surface area (Å²) in [5, 5.41) is 3.58. The van der Waals surface area contributed by atoms with E-state index in [9.17, 15) is 13.2 Å². The van der Waals surface area contributed by atoms with Crippen LogP contribution in [0, 0.1) is 12.8 Å². The number of sulfonamides is 1. The molecule has 5 nitrogen and oxygen atoms in total. The summed E-state index contributed by atoms with van der Waals surface area (Å²) in [5.41, 5.74) is 0.687. The van der Waals surface area contributed by atoms with Crippen molar-refractivity contribution in [1.82, 2.24) is 9.62 Å². The molecule has 1 aliphatic carbocycles. The fourth-order valence-corrected chi connectivity index (χ4v) is 5.87. The van der Waals surface area contributed by atoms with Crippen LogP contribution in [0.15, 0.2) is 23.1 Å². The van der Waals surface area contributed by atoms with E-state index < -0.39 is 10.0 Å². The van der Waals surface area contributed by atoms with Crippen molar-refractivity contribution >= 4 is 27.5 Å². The molecule has 144 valence electrons. The number of halogens is 1. The molecule has 0 spiro atoms. The summed E-state index contributed by atoms with van der Waals surface area (Å²) >= 11 is 5.98. The predicted octanol–water partition coefficient (Wildman–Crippen LogP) is 3.50. The maximum absolute atomic E-state index is 12.9. The zero-order valence-electron chi connectivity index (χ0n) is 15.2. The second kappa shape index (κ2) is 8.28. The van der Waals surface area contributed by atoms with Crippen LogP contribution in [-0.2, 0) is 14.8 Å². The van der Waals surface area contributed by atoms with Gasteiger partial charge in [-0.2, -0.15) is 4.31 Å². The van der Waals surface area contributed by atoms with Crippen LogP contribution in [0.1, 0.15) is 50.5 Å². The predicted molar refractivity (Wildman–Crippen MR) is 103 cm³/mol. The van der Waals surface area contributed by atoms with Crippen LogP contribution in [0.3, 0.4) is 0 Å². The number of amides is 1. The maximum Gasteiger partial charge on any atom is 0.243 e. The molecule has 1 aliphatic heterocycles. The lowest BCUT2D eigenvalue weighted by Gasteiger charge is -2.32. The molecule has 3 rings (SSSR count). The Morgan fingerprint density at radius 3 is 2.42 bits per heavy atom. The molecule has 1 saturated heterocycles. The van der Waals surface area contributed by atoms with E-state index in [1.165, 1.54) is 29.6 Å². The Kier molecular flexibility index (Phi) is 6.25. The van der Waals surface area contributed by atoms with Crippen molar-refractivity contribution in [2.45, 2.75) is 62.8 Å². The zero-order valence-corrected chi connectivity index (χ0v) is 16.8. The van der Waals surface area contributed by atoms with E-state index in [1.807, 2.05) is 0 Å². The molecule has 2 aliphatic rings. The summed E-state index contributed by atoms with van der Waals surface area (Å²) < 4.78 is 27.3. The Morgan fingerprint density at radius 1 is 1.12 bits per heavy atom. The molecule has 1 heterocycles. The number of carbonyl (C=O) groups is 1. The minimum Gasteiger partial charge on any atom is -0.353 e. The van der Waals surface area contributed by atoms with Gasteiger partial charge in [-0.1, -0.05) is 36.9 Å². The van der Waals surface area contributed by atoms with Gasteiger partial charge in [-0.3, -0.25) is 4.79 Å². The van der Waals surface area contributed by atoms with E-state index in [2.05, 4.69) is 5.32 Å². The number of rotatable bonds is 4. The van der Waals surface area contributed by atoms with Gasteiger partial charge >= 0.3 is 0 Å². The first kappa shape index (κ1) is 19.6.